The number of carbonyl (C=O) groups is 3. The molecule has 2 aromatic rings. The molecule has 3 N–H and O–H groups in total. The zero-order valence-corrected chi connectivity index (χ0v) is 20.0. The van der Waals surface area contributed by atoms with Crippen LogP contribution >= 0.6 is 0 Å². The van der Waals surface area contributed by atoms with Gasteiger partial charge in [-0.05, 0) is 49.9 Å². The van der Waals surface area contributed by atoms with Gasteiger partial charge in [0.25, 0.3) is 0 Å². The van der Waals surface area contributed by atoms with Crippen molar-refractivity contribution in [1.29, 1.82) is 0 Å². The summed E-state index contributed by atoms with van der Waals surface area (Å²) in [6.07, 6.45) is -0.600. The first kappa shape index (κ1) is 25.2. The topological polar surface area (TPSA) is 114 Å². The van der Waals surface area contributed by atoms with E-state index in [0.29, 0.717) is 0 Å². The van der Waals surface area contributed by atoms with Crippen molar-refractivity contribution in [1.82, 2.24) is 10.6 Å². The Labute approximate surface area is 199 Å². The average molecular weight is 469 g/mol. The first-order valence-electron chi connectivity index (χ1n) is 11.3. The number of fused-ring (bicyclic) bond motifs is 3. The van der Waals surface area contributed by atoms with Crippen molar-refractivity contribution in [3.05, 3.63) is 59.7 Å². The van der Waals surface area contributed by atoms with Crippen LogP contribution < -0.4 is 10.6 Å². The lowest BCUT2D eigenvalue weighted by atomic mass is 9.73. The Morgan fingerprint density at radius 2 is 1.50 bits per heavy atom. The molecule has 0 bridgehead atoms. The quantitative estimate of drug-likeness (QED) is 0.460. The summed E-state index contributed by atoms with van der Waals surface area (Å²) in [5, 5.41) is 14.1. The molecule has 0 unspecified atom stereocenters. The van der Waals surface area contributed by atoms with E-state index in [4.69, 9.17) is 14.6 Å². The van der Waals surface area contributed by atoms with Crippen LogP contribution in [-0.4, -0.2) is 55.0 Å². The molecule has 0 fully saturated rings. The molecular weight excluding hydrogens is 436 g/mol. The Kier molecular flexibility index (Phi) is 7.61. The van der Waals surface area contributed by atoms with E-state index in [0.717, 1.165) is 22.3 Å². The number of alkyl carbamates (subject to hydrolysis) is 1. The number of carboxylic acids is 1. The van der Waals surface area contributed by atoms with Crippen molar-refractivity contribution >= 4 is 18.0 Å². The molecule has 8 nitrogen and oxygen atoms in total. The maximum absolute atomic E-state index is 12.8. The van der Waals surface area contributed by atoms with E-state index in [9.17, 15) is 14.4 Å². The van der Waals surface area contributed by atoms with Crippen molar-refractivity contribution < 1.29 is 29.0 Å². The average Bonchev–Trinajstić information content (AvgIpc) is 3.10. The number of aliphatic carboxylic acids is 1. The maximum Gasteiger partial charge on any atom is 0.407 e. The van der Waals surface area contributed by atoms with Gasteiger partial charge in [0.05, 0.1) is 17.6 Å². The highest BCUT2D eigenvalue weighted by Crippen LogP contribution is 2.44. The van der Waals surface area contributed by atoms with E-state index in [-0.39, 0.29) is 31.6 Å². The Morgan fingerprint density at radius 1 is 0.941 bits per heavy atom. The Hall–Kier alpha value is -3.39. The number of carbonyl (C=O) groups excluding carboxylic acids is 2. The minimum absolute atomic E-state index is 0.0524. The standard InChI is InChI=1S/C26H32N2O6/c1-25(2,23(31)27-13-14-33-16-22(29)30)26(3,4)28-24(32)34-15-21-19-11-7-5-9-17(19)18-10-6-8-12-20(18)21/h5-12,21H,13-16H2,1-4H3,(H,27,31)(H,28,32)(H,29,30). The molecule has 0 spiro atoms. The lowest BCUT2D eigenvalue weighted by molar-refractivity contribution is -0.142. The summed E-state index contributed by atoms with van der Waals surface area (Å²) >= 11 is 0. The summed E-state index contributed by atoms with van der Waals surface area (Å²) in [6.45, 7) is 6.97. The zero-order valence-electron chi connectivity index (χ0n) is 20.0. The first-order valence-corrected chi connectivity index (χ1v) is 11.3. The zero-order chi connectivity index (χ0) is 24.9. The molecule has 34 heavy (non-hydrogen) atoms. The summed E-state index contributed by atoms with van der Waals surface area (Å²) in [4.78, 5) is 36.0. The molecule has 0 heterocycles. The van der Waals surface area contributed by atoms with Crippen molar-refractivity contribution in [3.63, 3.8) is 0 Å². The number of ether oxygens (including phenoxy) is 2. The van der Waals surface area contributed by atoms with Gasteiger partial charge >= 0.3 is 12.1 Å². The van der Waals surface area contributed by atoms with Gasteiger partial charge in [-0.3, -0.25) is 4.79 Å². The van der Waals surface area contributed by atoms with Gasteiger partial charge in [0, 0.05) is 12.5 Å². The van der Waals surface area contributed by atoms with E-state index < -0.39 is 29.6 Å². The highest BCUT2D eigenvalue weighted by Gasteiger charge is 2.44. The molecule has 1 aliphatic rings. The second kappa shape index (κ2) is 10.3. The fraction of sp³-hybridized carbons (Fsp3) is 0.423. The van der Waals surface area contributed by atoms with Crippen LogP contribution in [0.5, 0.6) is 0 Å². The molecule has 182 valence electrons. The monoisotopic (exact) mass is 468 g/mol. The lowest BCUT2D eigenvalue weighted by Gasteiger charge is -2.40. The number of hydrogen-bond donors (Lipinski definition) is 3. The summed E-state index contributed by atoms with van der Waals surface area (Å²) in [5.74, 6) is -1.42. The van der Waals surface area contributed by atoms with Gasteiger partial charge < -0.3 is 25.2 Å². The Morgan fingerprint density at radius 3 is 2.06 bits per heavy atom. The van der Waals surface area contributed by atoms with Crippen LogP contribution in [0.3, 0.4) is 0 Å². The molecule has 8 heteroatoms. The SMILES string of the molecule is CC(C)(NC(=O)OCC1c2ccccc2-c2ccccc21)C(C)(C)C(=O)NCCOCC(=O)O. The molecule has 0 saturated carbocycles. The molecule has 0 radical (unpaired) electrons. The number of nitrogens with one attached hydrogen (secondary N) is 2. The van der Waals surface area contributed by atoms with E-state index in [1.165, 1.54) is 0 Å². The molecule has 0 aliphatic heterocycles. The molecule has 0 atom stereocenters. The number of benzene rings is 2. The molecule has 0 saturated heterocycles. The van der Waals surface area contributed by atoms with Crippen LogP contribution in [0.2, 0.25) is 0 Å². The summed E-state index contributed by atoms with van der Waals surface area (Å²) < 4.78 is 10.6. The molecule has 1 aliphatic carbocycles. The van der Waals surface area contributed by atoms with Gasteiger partial charge in [0.1, 0.15) is 13.2 Å². The maximum atomic E-state index is 12.8. The smallest absolute Gasteiger partial charge is 0.407 e. The third-order valence-corrected chi connectivity index (χ3v) is 6.65. The van der Waals surface area contributed by atoms with Crippen molar-refractivity contribution in [3.8, 4) is 11.1 Å². The van der Waals surface area contributed by atoms with Crippen molar-refractivity contribution in [2.75, 3.05) is 26.4 Å². The molecule has 2 amide bonds. The molecule has 2 aromatic carbocycles. The number of amides is 2. The number of carboxylic acid groups (broad SMARTS) is 1. The molecule has 3 rings (SSSR count). The second-order valence-electron chi connectivity index (χ2n) is 9.40. The summed E-state index contributed by atoms with van der Waals surface area (Å²) in [5.41, 5.74) is 2.64. The summed E-state index contributed by atoms with van der Waals surface area (Å²) in [7, 11) is 0. The minimum Gasteiger partial charge on any atom is -0.480 e. The summed E-state index contributed by atoms with van der Waals surface area (Å²) in [6, 6.07) is 16.2. The molecular formula is C26H32N2O6. The fourth-order valence-electron chi connectivity index (χ4n) is 3.95. The predicted octanol–water partition coefficient (Wildman–Crippen LogP) is 3.55. The lowest BCUT2D eigenvalue weighted by Crippen LogP contribution is -2.59. The van der Waals surface area contributed by atoms with Crippen LogP contribution in [0.15, 0.2) is 48.5 Å². The highest BCUT2D eigenvalue weighted by molar-refractivity contribution is 5.84. The van der Waals surface area contributed by atoms with Crippen LogP contribution in [0.25, 0.3) is 11.1 Å². The predicted molar refractivity (Wildman–Crippen MR) is 128 cm³/mol. The number of rotatable bonds is 10. The van der Waals surface area contributed by atoms with Crippen molar-refractivity contribution in [2.24, 2.45) is 5.41 Å². The first-order chi connectivity index (χ1) is 16.0. The normalized spacial score (nSPS) is 13.1. The largest absolute Gasteiger partial charge is 0.480 e. The fourth-order valence-corrected chi connectivity index (χ4v) is 3.95. The van der Waals surface area contributed by atoms with Gasteiger partial charge in [-0.1, -0.05) is 48.5 Å². The Balaban J connectivity index is 1.57. The van der Waals surface area contributed by atoms with Crippen LogP contribution in [0, 0.1) is 5.41 Å². The van der Waals surface area contributed by atoms with Gasteiger partial charge in [0.15, 0.2) is 0 Å². The number of hydrogen-bond acceptors (Lipinski definition) is 5. The van der Waals surface area contributed by atoms with Crippen molar-refractivity contribution in [2.45, 2.75) is 39.2 Å². The van der Waals surface area contributed by atoms with Gasteiger partial charge in [-0.2, -0.15) is 0 Å². The van der Waals surface area contributed by atoms with Gasteiger partial charge in [0.2, 0.25) is 5.91 Å². The van der Waals surface area contributed by atoms with Gasteiger partial charge in [-0.15, -0.1) is 0 Å². The Bertz CT molecular complexity index is 1020. The minimum atomic E-state index is -1.07. The van der Waals surface area contributed by atoms with Crippen LogP contribution in [0.1, 0.15) is 44.7 Å². The van der Waals surface area contributed by atoms with Gasteiger partial charge in [-0.25, -0.2) is 9.59 Å². The third kappa shape index (κ3) is 5.39. The van der Waals surface area contributed by atoms with E-state index >= 15 is 0 Å². The third-order valence-electron chi connectivity index (χ3n) is 6.65. The second-order valence-corrected chi connectivity index (χ2v) is 9.40. The van der Waals surface area contributed by atoms with E-state index in [2.05, 4.69) is 34.9 Å². The van der Waals surface area contributed by atoms with E-state index in [1.54, 1.807) is 27.7 Å². The van der Waals surface area contributed by atoms with E-state index in [1.807, 2.05) is 24.3 Å². The van der Waals surface area contributed by atoms with Crippen LogP contribution in [-0.2, 0) is 19.1 Å². The van der Waals surface area contributed by atoms with Crippen LogP contribution in [0.4, 0.5) is 4.79 Å². The molecule has 0 aromatic heterocycles. The highest BCUT2D eigenvalue weighted by atomic mass is 16.5.